The lowest BCUT2D eigenvalue weighted by molar-refractivity contribution is -0.143. The van der Waals surface area contributed by atoms with E-state index < -0.39 is 35.9 Å². The Balaban J connectivity index is 2.22. The molecular weight excluding hydrogens is 478 g/mol. The molecule has 5 unspecified atom stereocenters. The molecule has 2 rings (SSSR count). The minimum Gasteiger partial charge on any atom is -0.508 e. The number of rotatable bonds is 15. The van der Waals surface area contributed by atoms with Crippen molar-refractivity contribution in [2.45, 2.75) is 83.0 Å². The molecule has 1 aliphatic heterocycles. The first-order valence-corrected chi connectivity index (χ1v) is 13.0. The maximum atomic E-state index is 13.3. The van der Waals surface area contributed by atoms with Crippen LogP contribution in [-0.2, 0) is 25.6 Å². The van der Waals surface area contributed by atoms with E-state index in [4.69, 9.17) is 5.73 Å². The number of aliphatic carboxylic acids is 1. The van der Waals surface area contributed by atoms with Gasteiger partial charge in [0.1, 0.15) is 23.9 Å². The van der Waals surface area contributed by atoms with Crippen LogP contribution in [-0.4, -0.2) is 71.2 Å². The molecule has 8 N–H and O–H groups in total. The SMILES string of the molecule is CCC(C)C(NC(=O)C(Cc1ccc(O)cc1)NC(=O)C(CCCCN)NC(=O)C1CCCN1)C(=O)O. The van der Waals surface area contributed by atoms with Crippen LogP contribution in [0.25, 0.3) is 0 Å². The summed E-state index contributed by atoms with van der Waals surface area (Å²) in [6, 6.07) is 2.72. The average Bonchev–Trinajstić information content (AvgIpc) is 3.42. The van der Waals surface area contributed by atoms with Gasteiger partial charge in [0.25, 0.3) is 0 Å². The van der Waals surface area contributed by atoms with Crippen LogP contribution in [0.2, 0.25) is 0 Å². The van der Waals surface area contributed by atoms with Gasteiger partial charge >= 0.3 is 5.97 Å². The van der Waals surface area contributed by atoms with Gasteiger partial charge in [0.2, 0.25) is 17.7 Å². The van der Waals surface area contributed by atoms with E-state index >= 15 is 0 Å². The van der Waals surface area contributed by atoms with Crippen molar-refractivity contribution in [3.05, 3.63) is 29.8 Å². The molecule has 0 bridgehead atoms. The Labute approximate surface area is 217 Å². The van der Waals surface area contributed by atoms with Crippen molar-refractivity contribution < 1.29 is 29.4 Å². The van der Waals surface area contributed by atoms with Crippen molar-refractivity contribution >= 4 is 23.7 Å². The molecule has 3 amide bonds. The predicted octanol–water partition coefficient (Wildman–Crippen LogP) is 0.401. The summed E-state index contributed by atoms with van der Waals surface area (Å²) in [6.45, 7) is 4.74. The number of phenols is 1. The van der Waals surface area contributed by atoms with Crippen LogP contribution >= 0.6 is 0 Å². The summed E-state index contributed by atoms with van der Waals surface area (Å²) < 4.78 is 0. The summed E-state index contributed by atoms with van der Waals surface area (Å²) in [5.74, 6) is -2.87. The van der Waals surface area contributed by atoms with Crippen LogP contribution in [0.1, 0.15) is 57.9 Å². The second kappa shape index (κ2) is 15.2. The largest absolute Gasteiger partial charge is 0.508 e. The number of hydrogen-bond acceptors (Lipinski definition) is 7. The molecule has 0 spiro atoms. The van der Waals surface area contributed by atoms with Crippen molar-refractivity contribution in [3.8, 4) is 5.75 Å². The number of nitrogens with two attached hydrogens (primary N) is 1. The molecule has 1 saturated heterocycles. The lowest BCUT2D eigenvalue weighted by atomic mass is 9.98. The van der Waals surface area contributed by atoms with Gasteiger partial charge in [-0.05, 0) is 68.8 Å². The van der Waals surface area contributed by atoms with Gasteiger partial charge in [-0.1, -0.05) is 32.4 Å². The molecule has 0 radical (unpaired) electrons. The van der Waals surface area contributed by atoms with E-state index in [0.29, 0.717) is 44.2 Å². The first-order valence-electron chi connectivity index (χ1n) is 13.0. The number of unbranched alkanes of at least 4 members (excludes halogenated alkanes) is 1. The fourth-order valence-corrected chi connectivity index (χ4v) is 4.23. The van der Waals surface area contributed by atoms with Crippen LogP contribution in [0.4, 0.5) is 0 Å². The van der Waals surface area contributed by atoms with Crippen molar-refractivity contribution in [3.63, 3.8) is 0 Å². The summed E-state index contributed by atoms with van der Waals surface area (Å²) in [5, 5.41) is 30.4. The number of aromatic hydroxyl groups is 1. The van der Waals surface area contributed by atoms with Crippen molar-refractivity contribution in [1.82, 2.24) is 21.3 Å². The lowest BCUT2D eigenvalue weighted by Crippen LogP contribution is -2.58. The minimum absolute atomic E-state index is 0.0553. The Hall–Kier alpha value is -3.18. The van der Waals surface area contributed by atoms with Gasteiger partial charge in [-0.3, -0.25) is 14.4 Å². The van der Waals surface area contributed by atoms with E-state index in [2.05, 4.69) is 21.3 Å². The van der Waals surface area contributed by atoms with E-state index in [1.54, 1.807) is 19.1 Å². The molecular formula is C26H41N5O6. The highest BCUT2D eigenvalue weighted by Crippen LogP contribution is 2.14. The quantitative estimate of drug-likeness (QED) is 0.162. The Morgan fingerprint density at radius 2 is 1.73 bits per heavy atom. The Morgan fingerprint density at radius 1 is 1.05 bits per heavy atom. The van der Waals surface area contributed by atoms with Gasteiger partial charge in [-0.25, -0.2) is 4.79 Å². The van der Waals surface area contributed by atoms with Crippen LogP contribution in [0.15, 0.2) is 24.3 Å². The third kappa shape index (κ3) is 9.66. The summed E-state index contributed by atoms with van der Waals surface area (Å²) >= 11 is 0. The molecule has 37 heavy (non-hydrogen) atoms. The minimum atomic E-state index is -1.16. The van der Waals surface area contributed by atoms with Crippen molar-refractivity contribution in [2.75, 3.05) is 13.1 Å². The van der Waals surface area contributed by atoms with Crippen LogP contribution in [0.5, 0.6) is 5.75 Å². The molecule has 0 aromatic heterocycles. The van der Waals surface area contributed by atoms with E-state index in [1.807, 2.05) is 6.92 Å². The smallest absolute Gasteiger partial charge is 0.326 e. The van der Waals surface area contributed by atoms with E-state index in [1.165, 1.54) is 12.1 Å². The summed E-state index contributed by atoms with van der Waals surface area (Å²) in [4.78, 5) is 51.1. The zero-order valence-electron chi connectivity index (χ0n) is 21.7. The third-order valence-electron chi connectivity index (χ3n) is 6.74. The fourth-order valence-electron chi connectivity index (χ4n) is 4.23. The number of benzene rings is 1. The molecule has 11 heteroatoms. The summed E-state index contributed by atoms with van der Waals surface area (Å²) in [6.07, 6.45) is 3.79. The van der Waals surface area contributed by atoms with Crippen molar-refractivity contribution in [1.29, 1.82) is 0 Å². The van der Waals surface area contributed by atoms with Crippen LogP contribution in [0.3, 0.4) is 0 Å². The van der Waals surface area contributed by atoms with Crippen LogP contribution in [0, 0.1) is 5.92 Å². The van der Waals surface area contributed by atoms with Gasteiger partial charge in [0, 0.05) is 6.42 Å². The molecule has 1 aromatic carbocycles. The van der Waals surface area contributed by atoms with Gasteiger partial charge < -0.3 is 37.2 Å². The molecule has 0 saturated carbocycles. The zero-order valence-corrected chi connectivity index (χ0v) is 21.7. The molecule has 11 nitrogen and oxygen atoms in total. The van der Waals surface area contributed by atoms with Gasteiger partial charge in [-0.15, -0.1) is 0 Å². The molecule has 1 fully saturated rings. The molecule has 0 aliphatic carbocycles. The van der Waals surface area contributed by atoms with Crippen molar-refractivity contribution in [2.24, 2.45) is 11.7 Å². The highest BCUT2D eigenvalue weighted by molar-refractivity contribution is 5.94. The summed E-state index contributed by atoms with van der Waals surface area (Å²) in [7, 11) is 0. The number of carboxylic acids is 1. The highest BCUT2D eigenvalue weighted by Gasteiger charge is 2.32. The second-order valence-corrected chi connectivity index (χ2v) is 9.64. The topological polar surface area (TPSA) is 183 Å². The van der Waals surface area contributed by atoms with E-state index in [-0.39, 0.29) is 30.0 Å². The molecule has 1 aromatic rings. The Morgan fingerprint density at radius 3 is 2.30 bits per heavy atom. The lowest BCUT2D eigenvalue weighted by Gasteiger charge is -2.27. The molecule has 1 aliphatic rings. The normalized spacial score (nSPS) is 18.3. The molecule has 5 atom stereocenters. The highest BCUT2D eigenvalue weighted by atomic mass is 16.4. The number of carbonyl (C=O) groups excluding carboxylic acids is 3. The Bertz CT molecular complexity index is 903. The van der Waals surface area contributed by atoms with E-state index in [0.717, 1.165) is 13.0 Å². The number of hydrogen-bond donors (Lipinski definition) is 7. The third-order valence-corrected chi connectivity index (χ3v) is 6.74. The standard InChI is InChI=1S/C26H41N5O6/c1-3-16(2)22(26(36)37)31-25(35)21(15-17-9-11-18(32)12-10-17)30-24(34)20(7-4-5-13-27)29-23(33)19-8-6-14-28-19/h9-12,16,19-22,28,32H,3-8,13-15,27H2,1-2H3,(H,29,33)(H,30,34)(H,31,35)(H,36,37). The van der Waals surface area contributed by atoms with Gasteiger partial charge in [0.15, 0.2) is 0 Å². The first-order chi connectivity index (χ1) is 17.7. The predicted molar refractivity (Wildman–Crippen MR) is 139 cm³/mol. The number of carboxylic acid groups (broad SMARTS) is 1. The van der Waals surface area contributed by atoms with E-state index in [9.17, 15) is 29.4 Å². The maximum Gasteiger partial charge on any atom is 0.326 e. The maximum absolute atomic E-state index is 13.3. The molecule has 206 valence electrons. The number of phenolic OH excluding ortho intramolecular Hbond substituents is 1. The number of nitrogens with one attached hydrogen (secondary N) is 4. The second-order valence-electron chi connectivity index (χ2n) is 9.64. The van der Waals surface area contributed by atoms with Gasteiger partial charge in [0.05, 0.1) is 6.04 Å². The monoisotopic (exact) mass is 519 g/mol. The zero-order chi connectivity index (χ0) is 27.4. The van der Waals surface area contributed by atoms with Gasteiger partial charge in [-0.2, -0.15) is 0 Å². The number of amides is 3. The average molecular weight is 520 g/mol. The van der Waals surface area contributed by atoms with Crippen LogP contribution < -0.4 is 27.0 Å². The fraction of sp³-hybridized carbons (Fsp3) is 0.615. The Kier molecular flexibility index (Phi) is 12.3. The number of carbonyl (C=O) groups is 4. The molecule has 1 heterocycles. The summed E-state index contributed by atoms with van der Waals surface area (Å²) in [5.41, 5.74) is 6.26. The first kappa shape index (κ1) is 30.0.